The third-order valence-electron chi connectivity index (χ3n) is 2.29. The molecule has 0 aromatic heterocycles. The van der Waals surface area contributed by atoms with Gasteiger partial charge in [-0.05, 0) is 31.1 Å². The summed E-state index contributed by atoms with van der Waals surface area (Å²) in [5.74, 6) is 1.11. The lowest BCUT2D eigenvalue weighted by Crippen LogP contribution is -2.37. The second-order valence-electron chi connectivity index (χ2n) is 4.12. The topological polar surface area (TPSA) is 46.2 Å². The average Bonchev–Trinajstić information content (AvgIpc) is 2.65. The summed E-state index contributed by atoms with van der Waals surface area (Å²) in [4.78, 5) is 0. The van der Waals surface area contributed by atoms with E-state index in [1.54, 1.807) is 0 Å². The smallest absolute Gasteiger partial charge is 0.0719 e. The van der Waals surface area contributed by atoms with Gasteiger partial charge in [-0.3, -0.25) is 0 Å². The van der Waals surface area contributed by atoms with Gasteiger partial charge in [0.2, 0.25) is 0 Å². The molecule has 1 rings (SSSR count). The molecule has 1 fully saturated rings. The van der Waals surface area contributed by atoms with Crippen molar-refractivity contribution in [2.75, 3.05) is 0 Å². The molecule has 0 spiro atoms. The van der Waals surface area contributed by atoms with E-state index in [1.807, 2.05) is 0 Å². The molecule has 0 radical (unpaired) electrons. The molecule has 1 aliphatic carbocycles. The van der Waals surface area contributed by atoms with E-state index in [1.165, 1.54) is 12.8 Å². The van der Waals surface area contributed by atoms with E-state index in [9.17, 15) is 5.11 Å². The molecule has 0 saturated heterocycles. The number of hydrogen-bond donors (Lipinski definition) is 2. The summed E-state index contributed by atoms with van der Waals surface area (Å²) in [7, 11) is 0. The van der Waals surface area contributed by atoms with Gasteiger partial charge in [0.1, 0.15) is 0 Å². The summed E-state index contributed by atoms with van der Waals surface area (Å²) in [6.07, 6.45) is 3.05. The monoisotopic (exact) mass is 157 g/mol. The first-order valence-corrected chi connectivity index (χ1v) is 4.55. The molecule has 0 aliphatic heterocycles. The zero-order valence-corrected chi connectivity index (χ0v) is 7.46. The third kappa shape index (κ3) is 2.80. The molecule has 0 aromatic rings. The maximum Gasteiger partial charge on any atom is 0.0719 e. The Labute approximate surface area is 68.8 Å². The molecule has 1 aliphatic rings. The van der Waals surface area contributed by atoms with Gasteiger partial charge < -0.3 is 10.8 Å². The van der Waals surface area contributed by atoms with Crippen LogP contribution < -0.4 is 5.73 Å². The first-order chi connectivity index (χ1) is 5.11. The highest BCUT2D eigenvalue weighted by Crippen LogP contribution is 2.34. The predicted octanol–water partition coefficient (Wildman–Crippen LogP) is 1.13. The Kier molecular flexibility index (Phi) is 2.90. The van der Waals surface area contributed by atoms with Gasteiger partial charge in [0.15, 0.2) is 0 Å². The van der Waals surface area contributed by atoms with Gasteiger partial charge in [-0.1, -0.05) is 13.8 Å². The lowest BCUT2D eigenvalue weighted by molar-refractivity contribution is 0.113. The molecule has 0 heterocycles. The molecule has 2 unspecified atom stereocenters. The highest BCUT2D eigenvalue weighted by atomic mass is 16.3. The van der Waals surface area contributed by atoms with E-state index in [4.69, 9.17) is 5.73 Å². The fourth-order valence-electron chi connectivity index (χ4n) is 1.47. The summed E-state index contributed by atoms with van der Waals surface area (Å²) in [5, 5.41) is 9.58. The van der Waals surface area contributed by atoms with Crippen LogP contribution in [0.1, 0.15) is 33.1 Å². The number of aliphatic hydroxyl groups excluding tert-OH is 1. The van der Waals surface area contributed by atoms with E-state index in [-0.39, 0.29) is 12.1 Å². The molecule has 0 bridgehead atoms. The number of rotatable bonds is 4. The minimum absolute atomic E-state index is 0.00231. The first kappa shape index (κ1) is 9.01. The zero-order chi connectivity index (χ0) is 8.43. The molecular formula is C9H19NO. The van der Waals surface area contributed by atoms with Crippen molar-refractivity contribution >= 4 is 0 Å². The number of hydrogen-bond acceptors (Lipinski definition) is 2. The number of nitrogens with two attached hydrogens (primary N) is 1. The van der Waals surface area contributed by atoms with Crippen LogP contribution in [0.25, 0.3) is 0 Å². The molecule has 3 N–H and O–H groups in total. The number of aliphatic hydroxyl groups is 1. The molecule has 2 atom stereocenters. The lowest BCUT2D eigenvalue weighted by Gasteiger charge is -2.19. The minimum Gasteiger partial charge on any atom is -0.391 e. The van der Waals surface area contributed by atoms with Gasteiger partial charge in [0, 0.05) is 6.04 Å². The van der Waals surface area contributed by atoms with Gasteiger partial charge >= 0.3 is 0 Å². The van der Waals surface area contributed by atoms with E-state index in [0.717, 1.165) is 6.42 Å². The van der Waals surface area contributed by atoms with Crippen molar-refractivity contribution in [2.45, 2.75) is 45.3 Å². The van der Waals surface area contributed by atoms with Crippen molar-refractivity contribution in [1.29, 1.82) is 0 Å². The van der Waals surface area contributed by atoms with Crippen molar-refractivity contribution in [3.05, 3.63) is 0 Å². The molecule has 11 heavy (non-hydrogen) atoms. The van der Waals surface area contributed by atoms with E-state index >= 15 is 0 Å². The molecule has 2 nitrogen and oxygen atoms in total. The Bertz CT molecular complexity index is 121. The lowest BCUT2D eigenvalue weighted by atomic mass is 9.97. The van der Waals surface area contributed by atoms with Crippen LogP contribution in [0.2, 0.25) is 0 Å². The molecule has 1 saturated carbocycles. The first-order valence-electron chi connectivity index (χ1n) is 4.55. The molecule has 0 amide bonds. The van der Waals surface area contributed by atoms with Crippen molar-refractivity contribution in [2.24, 2.45) is 17.6 Å². The maximum atomic E-state index is 9.58. The van der Waals surface area contributed by atoms with Crippen LogP contribution in [0.4, 0.5) is 0 Å². The van der Waals surface area contributed by atoms with Gasteiger partial charge in [-0.2, -0.15) is 0 Å². The van der Waals surface area contributed by atoms with Crippen molar-refractivity contribution in [3.63, 3.8) is 0 Å². The van der Waals surface area contributed by atoms with E-state index < -0.39 is 0 Å². The Morgan fingerprint density at radius 2 is 2.00 bits per heavy atom. The maximum absolute atomic E-state index is 9.58. The highest BCUT2D eigenvalue weighted by molar-refractivity contribution is 4.87. The van der Waals surface area contributed by atoms with Crippen molar-refractivity contribution in [1.82, 2.24) is 0 Å². The highest BCUT2D eigenvalue weighted by Gasteiger charge is 2.33. The normalized spacial score (nSPS) is 23.7. The summed E-state index contributed by atoms with van der Waals surface area (Å²) in [5.41, 5.74) is 5.81. The third-order valence-corrected chi connectivity index (χ3v) is 2.29. The standard InChI is InChI=1S/C9H19NO/c1-6(2)5-8(10)9(11)7-3-4-7/h6-9,11H,3-5,10H2,1-2H3. The van der Waals surface area contributed by atoms with Crippen molar-refractivity contribution in [3.8, 4) is 0 Å². The second kappa shape index (κ2) is 3.55. The summed E-state index contributed by atoms with van der Waals surface area (Å²) < 4.78 is 0. The fraction of sp³-hybridized carbons (Fsp3) is 1.00. The van der Waals surface area contributed by atoms with Crippen molar-refractivity contribution < 1.29 is 5.11 Å². The van der Waals surface area contributed by atoms with Gasteiger partial charge in [0.05, 0.1) is 6.10 Å². The van der Waals surface area contributed by atoms with Gasteiger partial charge in [-0.15, -0.1) is 0 Å². The van der Waals surface area contributed by atoms with Crippen LogP contribution in [0.15, 0.2) is 0 Å². The SMILES string of the molecule is CC(C)CC(N)C(O)C1CC1. The molecule has 0 aromatic carbocycles. The van der Waals surface area contributed by atoms with Crippen LogP contribution in [0.5, 0.6) is 0 Å². The Balaban J connectivity index is 2.21. The van der Waals surface area contributed by atoms with Gasteiger partial charge in [0.25, 0.3) is 0 Å². The van der Waals surface area contributed by atoms with Crippen LogP contribution in [-0.4, -0.2) is 17.3 Å². The quantitative estimate of drug-likeness (QED) is 0.642. The zero-order valence-electron chi connectivity index (χ0n) is 7.46. The summed E-state index contributed by atoms with van der Waals surface area (Å²) in [6.45, 7) is 4.28. The predicted molar refractivity (Wildman–Crippen MR) is 46.2 cm³/mol. The van der Waals surface area contributed by atoms with Crippen LogP contribution >= 0.6 is 0 Å². The summed E-state index contributed by atoms with van der Waals surface area (Å²) >= 11 is 0. The van der Waals surface area contributed by atoms with Crippen LogP contribution in [0.3, 0.4) is 0 Å². The Morgan fingerprint density at radius 1 is 1.45 bits per heavy atom. The molecule has 2 heteroatoms. The Hall–Kier alpha value is -0.0800. The van der Waals surface area contributed by atoms with E-state index in [2.05, 4.69) is 13.8 Å². The minimum atomic E-state index is -0.239. The molecular weight excluding hydrogens is 138 g/mol. The molecule has 66 valence electrons. The average molecular weight is 157 g/mol. The van der Waals surface area contributed by atoms with E-state index in [0.29, 0.717) is 11.8 Å². The second-order valence-corrected chi connectivity index (χ2v) is 4.12. The van der Waals surface area contributed by atoms with Crippen LogP contribution in [0, 0.1) is 11.8 Å². The fourth-order valence-corrected chi connectivity index (χ4v) is 1.47. The Morgan fingerprint density at radius 3 is 2.36 bits per heavy atom. The largest absolute Gasteiger partial charge is 0.391 e. The van der Waals surface area contributed by atoms with Gasteiger partial charge in [-0.25, -0.2) is 0 Å². The summed E-state index contributed by atoms with van der Waals surface area (Å²) in [6, 6.07) is 0.00231. The van der Waals surface area contributed by atoms with Crippen LogP contribution in [-0.2, 0) is 0 Å².